The molecule has 1 fully saturated rings. The van der Waals surface area contributed by atoms with Crippen molar-refractivity contribution >= 4 is 35.0 Å². The quantitative estimate of drug-likeness (QED) is 0.858. The van der Waals surface area contributed by atoms with E-state index in [1.807, 2.05) is 31.2 Å². The molecule has 0 bridgehead atoms. The minimum Gasteiger partial charge on any atom is -0.324 e. The van der Waals surface area contributed by atoms with E-state index in [-0.39, 0.29) is 11.8 Å². The Morgan fingerprint density at radius 3 is 2.86 bits per heavy atom. The number of benzene rings is 1. The molecular formula is C20H22N6O2. The fourth-order valence-electron chi connectivity index (χ4n) is 3.16. The largest absolute Gasteiger partial charge is 0.324 e. The lowest BCUT2D eigenvalue weighted by Gasteiger charge is -2.19. The lowest BCUT2D eigenvalue weighted by atomic mass is 9.85. The fourth-order valence-corrected chi connectivity index (χ4v) is 3.16. The lowest BCUT2D eigenvalue weighted by Crippen LogP contribution is -2.33. The molecule has 28 heavy (non-hydrogen) atoms. The minimum absolute atomic E-state index is 0.0696. The number of anilines is 4. The van der Waals surface area contributed by atoms with Gasteiger partial charge in [-0.2, -0.15) is 10.2 Å². The number of hydrogen-bond acceptors (Lipinski definition) is 6. The van der Waals surface area contributed by atoms with Crippen LogP contribution in [-0.4, -0.2) is 35.4 Å². The van der Waals surface area contributed by atoms with Gasteiger partial charge in [-0.05, 0) is 37.1 Å². The summed E-state index contributed by atoms with van der Waals surface area (Å²) in [5, 5.41) is 12.5. The third-order valence-corrected chi connectivity index (χ3v) is 5.11. The molecule has 144 valence electrons. The molecule has 1 aliphatic heterocycles. The van der Waals surface area contributed by atoms with E-state index < -0.39 is 5.41 Å². The van der Waals surface area contributed by atoms with E-state index in [4.69, 9.17) is 0 Å². The smallest absolute Gasteiger partial charge is 0.248 e. The second kappa shape index (κ2) is 7.64. The predicted molar refractivity (Wildman–Crippen MR) is 106 cm³/mol. The van der Waals surface area contributed by atoms with Crippen LogP contribution >= 0.6 is 0 Å². The summed E-state index contributed by atoms with van der Waals surface area (Å²) < 4.78 is 0. The van der Waals surface area contributed by atoms with E-state index in [0.717, 1.165) is 11.4 Å². The Bertz CT molecular complexity index is 954. The van der Waals surface area contributed by atoms with Crippen LogP contribution in [0.4, 0.5) is 23.1 Å². The zero-order valence-electron chi connectivity index (χ0n) is 16.1. The summed E-state index contributed by atoms with van der Waals surface area (Å²) >= 11 is 0. The maximum Gasteiger partial charge on any atom is 0.248 e. The highest BCUT2D eigenvalue weighted by molar-refractivity contribution is 6.01. The fraction of sp³-hybridized carbons (Fsp3) is 0.350. The first-order chi connectivity index (χ1) is 13.4. The van der Waals surface area contributed by atoms with Crippen LogP contribution in [0.25, 0.3) is 0 Å². The zero-order chi connectivity index (χ0) is 20.3. The molecule has 2 heterocycles. The van der Waals surface area contributed by atoms with Gasteiger partial charge >= 0.3 is 0 Å². The number of carbonyl (C=O) groups excluding carboxylic acids is 2. The van der Waals surface area contributed by atoms with Crippen LogP contribution < -0.4 is 15.1 Å². The molecule has 0 radical (unpaired) electrons. The average Bonchev–Trinajstić information content (AvgIpc) is 3.04. The van der Waals surface area contributed by atoms with Crippen LogP contribution in [0.1, 0.15) is 26.7 Å². The number of nitrogens with zero attached hydrogens (tertiary/aromatic N) is 5. The third-order valence-electron chi connectivity index (χ3n) is 5.11. The van der Waals surface area contributed by atoms with Gasteiger partial charge in [0.15, 0.2) is 0 Å². The molecule has 2 amide bonds. The molecule has 0 aliphatic carbocycles. The molecule has 3 rings (SSSR count). The van der Waals surface area contributed by atoms with Gasteiger partial charge in [-0.1, -0.05) is 13.0 Å². The molecule has 1 saturated heterocycles. The first-order valence-corrected chi connectivity index (χ1v) is 9.08. The molecule has 1 aliphatic rings. The standard InChI is InChI=1S/C20H22N6O2/c1-4-20(13-21)9-11-26(18(20)28)17-8-10-22-19(24-17)23-15-6-5-7-16(12-15)25(3)14(2)27/h5-8,10,12H,4,9,11H2,1-3H3,(H,22,23,24)/t20-/m1/s1. The van der Waals surface area contributed by atoms with Crippen molar-refractivity contribution in [2.24, 2.45) is 5.41 Å². The van der Waals surface area contributed by atoms with Crippen LogP contribution in [-0.2, 0) is 9.59 Å². The molecule has 8 nitrogen and oxygen atoms in total. The van der Waals surface area contributed by atoms with Crippen LogP contribution in [0.15, 0.2) is 36.5 Å². The minimum atomic E-state index is -0.968. The highest BCUT2D eigenvalue weighted by Gasteiger charge is 2.46. The number of nitrogens with one attached hydrogen (secondary N) is 1. The van der Waals surface area contributed by atoms with Crippen molar-refractivity contribution in [3.63, 3.8) is 0 Å². The van der Waals surface area contributed by atoms with Crippen LogP contribution in [0.5, 0.6) is 0 Å². The second-order valence-electron chi connectivity index (χ2n) is 6.75. The highest BCUT2D eigenvalue weighted by Crippen LogP contribution is 2.36. The SMILES string of the molecule is CC[C@]1(C#N)CCN(c2ccnc(Nc3cccc(N(C)C(C)=O)c3)n2)C1=O. The Morgan fingerprint density at radius 1 is 1.43 bits per heavy atom. The summed E-state index contributed by atoms with van der Waals surface area (Å²) in [6.07, 6.45) is 2.54. The maximum atomic E-state index is 12.7. The Kier molecular flexibility index (Phi) is 5.27. The summed E-state index contributed by atoms with van der Waals surface area (Å²) in [6.45, 7) is 3.80. The number of rotatable bonds is 5. The van der Waals surface area contributed by atoms with Crippen LogP contribution in [0.2, 0.25) is 0 Å². The van der Waals surface area contributed by atoms with Crippen LogP contribution in [0, 0.1) is 16.7 Å². The number of carbonyl (C=O) groups is 2. The maximum absolute atomic E-state index is 12.7. The van der Waals surface area contributed by atoms with E-state index in [1.54, 1.807) is 24.2 Å². The number of aromatic nitrogens is 2. The number of hydrogen-bond donors (Lipinski definition) is 1. The van der Waals surface area contributed by atoms with Crippen molar-refractivity contribution in [3.05, 3.63) is 36.5 Å². The zero-order valence-corrected chi connectivity index (χ0v) is 16.1. The Balaban J connectivity index is 1.82. The van der Waals surface area contributed by atoms with Crippen molar-refractivity contribution in [1.29, 1.82) is 5.26 Å². The number of nitriles is 1. The van der Waals surface area contributed by atoms with Gasteiger partial charge in [0.25, 0.3) is 0 Å². The van der Waals surface area contributed by atoms with Crippen molar-refractivity contribution in [1.82, 2.24) is 9.97 Å². The molecule has 0 unspecified atom stereocenters. The van der Waals surface area contributed by atoms with Gasteiger partial charge in [-0.3, -0.25) is 14.5 Å². The third kappa shape index (κ3) is 3.51. The highest BCUT2D eigenvalue weighted by atomic mass is 16.2. The molecule has 0 saturated carbocycles. The van der Waals surface area contributed by atoms with E-state index in [1.165, 1.54) is 11.8 Å². The second-order valence-corrected chi connectivity index (χ2v) is 6.75. The van der Waals surface area contributed by atoms with Crippen LogP contribution in [0.3, 0.4) is 0 Å². The first kappa shape index (κ1) is 19.3. The van der Waals surface area contributed by atoms with Gasteiger partial charge in [-0.15, -0.1) is 0 Å². The normalized spacial score (nSPS) is 18.6. The van der Waals surface area contributed by atoms with Crippen molar-refractivity contribution in [2.45, 2.75) is 26.7 Å². The molecule has 8 heteroatoms. The summed E-state index contributed by atoms with van der Waals surface area (Å²) in [4.78, 5) is 36.0. The average molecular weight is 378 g/mol. The lowest BCUT2D eigenvalue weighted by molar-refractivity contribution is -0.123. The number of amides is 2. The van der Waals surface area contributed by atoms with E-state index in [9.17, 15) is 14.9 Å². The predicted octanol–water partition coefficient (Wildman–Crippen LogP) is 2.86. The van der Waals surface area contributed by atoms with Gasteiger partial charge in [0.2, 0.25) is 17.8 Å². The molecule has 0 spiro atoms. The van der Waals surface area contributed by atoms with Gasteiger partial charge < -0.3 is 10.2 Å². The Hall–Kier alpha value is -3.47. The van der Waals surface area contributed by atoms with E-state index >= 15 is 0 Å². The molecule has 1 atom stereocenters. The molecule has 2 aromatic rings. The summed E-state index contributed by atoms with van der Waals surface area (Å²) in [6, 6.07) is 11.1. The van der Waals surface area contributed by atoms with Gasteiger partial charge in [0, 0.05) is 38.1 Å². The summed E-state index contributed by atoms with van der Waals surface area (Å²) in [5.41, 5.74) is 0.491. The molecule has 1 aromatic carbocycles. The van der Waals surface area contributed by atoms with Gasteiger partial charge in [-0.25, -0.2) is 4.98 Å². The molecule has 1 aromatic heterocycles. The van der Waals surface area contributed by atoms with Gasteiger partial charge in [0.05, 0.1) is 6.07 Å². The van der Waals surface area contributed by atoms with Crippen molar-refractivity contribution < 1.29 is 9.59 Å². The van der Waals surface area contributed by atoms with E-state index in [0.29, 0.717) is 31.2 Å². The molecular weight excluding hydrogens is 356 g/mol. The molecule has 1 N–H and O–H groups in total. The van der Waals surface area contributed by atoms with Crippen molar-refractivity contribution in [2.75, 3.05) is 28.7 Å². The Labute approximate surface area is 163 Å². The van der Waals surface area contributed by atoms with Gasteiger partial charge in [0.1, 0.15) is 11.2 Å². The van der Waals surface area contributed by atoms with E-state index in [2.05, 4.69) is 21.4 Å². The first-order valence-electron chi connectivity index (χ1n) is 9.08. The topological polar surface area (TPSA) is 102 Å². The van der Waals surface area contributed by atoms with Crippen molar-refractivity contribution in [3.8, 4) is 6.07 Å². The Morgan fingerprint density at radius 2 is 2.21 bits per heavy atom. The summed E-state index contributed by atoms with van der Waals surface area (Å²) in [7, 11) is 1.70. The monoisotopic (exact) mass is 378 g/mol. The summed E-state index contributed by atoms with van der Waals surface area (Å²) in [5.74, 6) is 0.510.